The summed E-state index contributed by atoms with van der Waals surface area (Å²) in [6.07, 6.45) is 2.36. The Morgan fingerprint density at radius 2 is 2.00 bits per heavy atom. The minimum Gasteiger partial charge on any atom is -0.444 e. The molecule has 1 aromatic carbocycles. The number of hydrogen-bond acceptors (Lipinski definition) is 3. The van der Waals surface area contributed by atoms with Crippen molar-refractivity contribution in [3.05, 3.63) is 29.8 Å². The van der Waals surface area contributed by atoms with E-state index in [9.17, 15) is 4.79 Å². The van der Waals surface area contributed by atoms with Crippen molar-refractivity contribution in [2.75, 3.05) is 18.9 Å². The van der Waals surface area contributed by atoms with Gasteiger partial charge in [0.2, 0.25) is 0 Å². The van der Waals surface area contributed by atoms with E-state index < -0.39 is 5.60 Å². The number of rotatable bonds is 5. The first kappa shape index (κ1) is 15.7. The molecule has 0 bridgehead atoms. The molecule has 0 saturated heterocycles. The number of nitrogens with zero attached hydrogens (tertiary/aromatic N) is 1. The molecule has 4 nitrogen and oxygen atoms in total. The summed E-state index contributed by atoms with van der Waals surface area (Å²) in [4.78, 5) is 13.6. The standard InChI is InChI=1S/C17H26N2O2/c1-17(2,3)21-16(20)19(4)12-14-7-5-6-8-15(14)18-11-13-9-10-13/h5-8,13,18H,9-12H2,1-4H3. The molecule has 0 aromatic heterocycles. The maximum absolute atomic E-state index is 12.0. The molecule has 0 radical (unpaired) electrons. The molecule has 2 rings (SSSR count). The SMILES string of the molecule is CN(Cc1ccccc1NCC1CC1)C(=O)OC(C)(C)C. The van der Waals surface area contributed by atoms with Crippen LogP contribution in [0.5, 0.6) is 0 Å². The molecular weight excluding hydrogens is 264 g/mol. The van der Waals surface area contributed by atoms with Crippen molar-refractivity contribution in [3.8, 4) is 0 Å². The highest BCUT2D eigenvalue weighted by Crippen LogP contribution is 2.29. The average molecular weight is 290 g/mol. The van der Waals surface area contributed by atoms with Crippen LogP contribution in [0.1, 0.15) is 39.2 Å². The van der Waals surface area contributed by atoms with Gasteiger partial charge in [0.25, 0.3) is 0 Å². The van der Waals surface area contributed by atoms with E-state index in [-0.39, 0.29) is 6.09 Å². The normalized spacial score (nSPS) is 14.7. The molecule has 1 aliphatic carbocycles. The van der Waals surface area contributed by atoms with E-state index in [0.717, 1.165) is 23.7 Å². The van der Waals surface area contributed by atoms with E-state index in [1.165, 1.54) is 12.8 Å². The number of hydrogen-bond donors (Lipinski definition) is 1. The van der Waals surface area contributed by atoms with Gasteiger partial charge in [0.15, 0.2) is 0 Å². The molecule has 4 heteroatoms. The van der Waals surface area contributed by atoms with E-state index in [4.69, 9.17) is 4.74 Å². The van der Waals surface area contributed by atoms with Crippen LogP contribution < -0.4 is 5.32 Å². The monoisotopic (exact) mass is 290 g/mol. The molecule has 0 aliphatic heterocycles. The molecule has 1 N–H and O–H groups in total. The molecule has 1 fully saturated rings. The van der Waals surface area contributed by atoms with Gasteiger partial charge in [-0.15, -0.1) is 0 Å². The largest absolute Gasteiger partial charge is 0.444 e. The van der Waals surface area contributed by atoms with Gasteiger partial charge in [-0.05, 0) is 51.2 Å². The van der Waals surface area contributed by atoms with E-state index in [2.05, 4.69) is 17.4 Å². The van der Waals surface area contributed by atoms with Crippen molar-refractivity contribution in [1.29, 1.82) is 0 Å². The fraction of sp³-hybridized carbons (Fsp3) is 0.588. The third kappa shape index (κ3) is 5.29. The third-order valence-corrected chi connectivity index (χ3v) is 3.41. The molecule has 1 aromatic rings. The molecule has 0 unspecified atom stereocenters. The molecule has 1 amide bonds. The molecule has 0 atom stereocenters. The highest BCUT2D eigenvalue weighted by molar-refractivity contribution is 5.68. The number of ether oxygens (including phenoxy) is 1. The van der Waals surface area contributed by atoms with Gasteiger partial charge < -0.3 is 15.0 Å². The predicted molar refractivity (Wildman–Crippen MR) is 85.4 cm³/mol. The number of amides is 1. The van der Waals surface area contributed by atoms with E-state index in [0.29, 0.717) is 6.54 Å². The number of benzene rings is 1. The minimum absolute atomic E-state index is 0.292. The maximum atomic E-state index is 12.0. The Labute approximate surface area is 127 Å². The van der Waals surface area contributed by atoms with Gasteiger partial charge in [-0.1, -0.05) is 18.2 Å². The molecule has 0 heterocycles. The van der Waals surface area contributed by atoms with E-state index in [1.807, 2.05) is 32.9 Å². The van der Waals surface area contributed by atoms with Crippen LogP contribution in [0.3, 0.4) is 0 Å². The lowest BCUT2D eigenvalue weighted by Gasteiger charge is -2.25. The zero-order valence-corrected chi connectivity index (χ0v) is 13.5. The lowest BCUT2D eigenvalue weighted by atomic mass is 10.1. The number of anilines is 1. The number of nitrogens with one attached hydrogen (secondary N) is 1. The predicted octanol–water partition coefficient (Wildman–Crippen LogP) is 3.88. The van der Waals surface area contributed by atoms with Crippen molar-refractivity contribution in [2.24, 2.45) is 5.92 Å². The Hall–Kier alpha value is -1.71. The summed E-state index contributed by atoms with van der Waals surface area (Å²) in [6, 6.07) is 8.14. The van der Waals surface area contributed by atoms with Crippen molar-refractivity contribution in [3.63, 3.8) is 0 Å². The Kier molecular flexibility index (Phi) is 4.76. The smallest absolute Gasteiger partial charge is 0.410 e. The van der Waals surface area contributed by atoms with Crippen LogP contribution in [0.4, 0.5) is 10.5 Å². The average Bonchev–Trinajstić information content (AvgIpc) is 3.19. The zero-order valence-electron chi connectivity index (χ0n) is 13.5. The van der Waals surface area contributed by atoms with Crippen LogP contribution in [-0.2, 0) is 11.3 Å². The molecule has 0 spiro atoms. The number of carbonyl (C=O) groups excluding carboxylic acids is 1. The quantitative estimate of drug-likeness (QED) is 0.895. The first-order valence-electron chi connectivity index (χ1n) is 7.61. The fourth-order valence-corrected chi connectivity index (χ4v) is 2.07. The first-order valence-corrected chi connectivity index (χ1v) is 7.61. The summed E-state index contributed by atoms with van der Waals surface area (Å²) in [5, 5.41) is 3.49. The lowest BCUT2D eigenvalue weighted by molar-refractivity contribution is 0.0285. The summed E-state index contributed by atoms with van der Waals surface area (Å²) in [5.74, 6) is 0.821. The van der Waals surface area contributed by atoms with Crippen molar-refractivity contribution < 1.29 is 9.53 Å². The van der Waals surface area contributed by atoms with E-state index >= 15 is 0 Å². The van der Waals surface area contributed by atoms with Crippen LogP contribution in [0.25, 0.3) is 0 Å². The van der Waals surface area contributed by atoms with Crippen LogP contribution in [0.15, 0.2) is 24.3 Å². The third-order valence-electron chi connectivity index (χ3n) is 3.41. The number of carbonyl (C=O) groups is 1. The van der Waals surface area contributed by atoms with Crippen molar-refractivity contribution in [1.82, 2.24) is 4.90 Å². The first-order chi connectivity index (χ1) is 9.85. The van der Waals surface area contributed by atoms with Gasteiger partial charge in [-0.3, -0.25) is 0 Å². The fourth-order valence-electron chi connectivity index (χ4n) is 2.07. The second-order valence-electron chi connectivity index (χ2n) is 6.82. The topological polar surface area (TPSA) is 41.6 Å². The highest BCUT2D eigenvalue weighted by Gasteiger charge is 2.22. The summed E-state index contributed by atoms with van der Waals surface area (Å²) in [5.41, 5.74) is 1.76. The van der Waals surface area contributed by atoms with Crippen LogP contribution in [-0.4, -0.2) is 30.2 Å². The summed E-state index contributed by atoms with van der Waals surface area (Å²) in [6.45, 7) is 7.20. The Morgan fingerprint density at radius 1 is 1.33 bits per heavy atom. The van der Waals surface area contributed by atoms with Gasteiger partial charge >= 0.3 is 6.09 Å². The minimum atomic E-state index is -0.463. The van der Waals surface area contributed by atoms with Crippen molar-refractivity contribution in [2.45, 2.75) is 45.8 Å². The van der Waals surface area contributed by atoms with Crippen LogP contribution in [0, 0.1) is 5.92 Å². The maximum Gasteiger partial charge on any atom is 0.410 e. The van der Waals surface area contributed by atoms with Gasteiger partial charge in [-0.2, -0.15) is 0 Å². The molecule has 116 valence electrons. The Morgan fingerprint density at radius 3 is 2.62 bits per heavy atom. The lowest BCUT2D eigenvalue weighted by Crippen LogP contribution is -2.34. The van der Waals surface area contributed by atoms with Gasteiger partial charge in [0.05, 0.1) is 6.54 Å². The molecule has 21 heavy (non-hydrogen) atoms. The summed E-state index contributed by atoms with van der Waals surface area (Å²) < 4.78 is 5.39. The summed E-state index contributed by atoms with van der Waals surface area (Å²) in [7, 11) is 1.77. The Balaban J connectivity index is 1.95. The second kappa shape index (κ2) is 6.37. The van der Waals surface area contributed by atoms with Gasteiger partial charge in [0, 0.05) is 19.3 Å². The second-order valence-corrected chi connectivity index (χ2v) is 6.82. The number of para-hydroxylation sites is 1. The highest BCUT2D eigenvalue weighted by atomic mass is 16.6. The van der Waals surface area contributed by atoms with Crippen LogP contribution in [0.2, 0.25) is 0 Å². The van der Waals surface area contributed by atoms with Crippen molar-refractivity contribution >= 4 is 11.8 Å². The van der Waals surface area contributed by atoms with Gasteiger partial charge in [-0.25, -0.2) is 4.79 Å². The van der Waals surface area contributed by atoms with Crippen LogP contribution >= 0.6 is 0 Å². The zero-order chi connectivity index (χ0) is 15.5. The van der Waals surface area contributed by atoms with Gasteiger partial charge in [0.1, 0.15) is 5.60 Å². The molecule has 1 saturated carbocycles. The molecule has 1 aliphatic rings. The molecular formula is C17H26N2O2. The van der Waals surface area contributed by atoms with E-state index in [1.54, 1.807) is 11.9 Å². The summed E-state index contributed by atoms with van der Waals surface area (Å²) >= 11 is 0. The Bertz CT molecular complexity index is 490.